The zero-order valence-corrected chi connectivity index (χ0v) is 10.9. The summed E-state index contributed by atoms with van der Waals surface area (Å²) in [7, 11) is 0. The third kappa shape index (κ3) is 3.90. The van der Waals surface area contributed by atoms with Gasteiger partial charge in [-0.2, -0.15) is 0 Å². The fraction of sp³-hybridized carbons (Fsp3) is 0. The highest BCUT2D eigenvalue weighted by molar-refractivity contribution is 6.30. The van der Waals surface area contributed by atoms with E-state index in [1.165, 1.54) is 0 Å². The van der Waals surface area contributed by atoms with Gasteiger partial charge in [0.05, 0.1) is 0 Å². The van der Waals surface area contributed by atoms with Gasteiger partial charge in [-0.05, 0) is 47.2 Å². The minimum atomic E-state index is 0.245. The van der Waals surface area contributed by atoms with E-state index in [4.69, 9.17) is 21.8 Å². The molecule has 0 bridgehead atoms. The predicted molar refractivity (Wildman–Crippen MR) is 78.7 cm³/mol. The molecule has 19 heavy (non-hydrogen) atoms. The summed E-state index contributed by atoms with van der Waals surface area (Å²) in [6, 6.07) is 19.7. The Morgan fingerprint density at radius 1 is 0.632 bits per heavy atom. The van der Waals surface area contributed by atoms with Gasteiger partial charge in [-0.3, -0.25) is 0 Å². The lowest BCUT2D eigenvalue weighted by Gasteiger charge is -1.96. The van der Waals surface area contributed by atoms with Gasteiger partial charge in [0.15, 0.2) is 0 Å². The van der Waals surface area contributed by atoms with Crippen molar-refractivity contribution in [1.29, 1.82) is 0 Å². The normalized spacial score (nSPS) is 9.74. The van der Waals surface area contributed by atoms with Crippen LogP contribution in [-0.2, 0) is 0 Å². The van der Waals surface area contributed by atoms with Crippen LogP contribution in [0.5, 0.6) is 11.5 Å². The number of halogens is 1. The lowest BCUT2D eigenvalue weighted by Crippen LogP contribution is -1.69. The zero-order chi connectivity index (χ0) is 13.7. The smallest absolute Gasteiger partial charge is 0.116 e. The van der Waals surface area contributed by atoms with Crippen molar-refractivity contribution in [3.05, 3.63) is 71.8 Å². The maximum absolute atomic E-state index is 9.13. The third-order valence-electron chi connectivity index (χ3n) is 2.56. The second-order valence-corrected chi connectivity index (χ2v) is 4.44. The first-order valence-electron chi connectivity index (χ1n) is 5.77. The molecule has 0 unspecified atom stereocenters. The average Bonchev–Trinajstić information content (AvgIpc) is 2.43. The van der Waals surface area contributed by atoms with Crippen LogP contribution in [0.2, 0.25) is 5.02 Å². The van der Waals surface area contributed by atoms with E-state index < -0.39 is 0 Å². The van der Waals surface area contributed by atoms with Crippen LogP contribution in [0.25, 0.3) is 10.8 Å². The number of benzene rings is 3. The Hall–Kier alpha value is -2.19. The molecule has 0 aliphatic heterocycles. The van der Waals surface area contributed by atoms with Gasteiger partial charge < -0.3 is 10.2 Å². The Morgan fingerprint density at radius 2 is 1.21 bits per heavy atom. The van der Waals surface area contributed by atoms with Crippen molar-refractivity contribution in [3.63, 3.8) is 0 Å². The van der Waals surface area contributed by atoms with Gasteiger partial charge in [0.2, 0.25) is 0 Å². The second kappa shape index (κ2) is 6.12. The molecular weight excluding hydrogens is 260 g/mol. The van der Waals surface area contributed by atoms with Crippen molar-refractivity contribution in [2.45, 2.75) is 0 Å². The first-order chi connectivity index (χ1) is 9.15. The number of phenolic OH excluding ortho intramolecular Hbond substituents is 2. The molecule has 0 amide bonds. The molecule has 3 heteroatoms. The minimum absolute atomic E-state index is 0.245. The molecule has 0 radical (unpaired) electrons. The summed E-state index contributed by atoms with van der Waals surface area (Å²) >= 11 is 5.50. The summed E-state index contributed by atoms with van der Waals surface area (Å²) in [6.45, 7) is 0. The average molecular weight is 273 g/mol. The first kappa shape index (κ1) is 13.2. The Balaban J connectivity index is 0.000000148. The molecule has 0 saturated heterocycles. The van der Waals surface area contributed by atoms with Crippen LogP contribution in [0.3, 0.4) is 0 Å². The number of fused-ring (bicyclic) bond motifs is 1. The number of hydrogen-bond acceptors (Lipinski definition) is 2. The lowest BCUT2D eigenvalue weighted by atomic mass is 10.1. The molecule has 0 fully saturated rings. The van der Waals surface area contributed by atoms with Crippen LogP contribution >= 0.6 is 11.6 Å². The van der Waals surface area contributed by atoms with Crippen molar-refractivity contribution >= 4 is 22.4 Å². The number of hydrogen-bond donors (Lipinski definition) is 2. The summed E-state index contributed by atoms with van der Waals surface area (Å²) in [5.41, 5.74) is 0. The van der Waals surface area contributed by atoms with E-state index >= 15 is 0 Å². The maximum Gasteiger partial charge on any atom is 0.116 e. The van der Waals surface area contributed by atoms with Crippen LogP contribution in [0.4, 0.5) is 0 Å². The number of aromatic hydroxyl groups is 2. The van der Waals surface area contributed by atoms with Gasteiger partial charge in [-0.25, -0.2) is 0 Å². The van der Waals surface area contributed by atoms with E-state index in [1.807, 2.05) is 30.3 Å². The van der Waals surface area contributed by atoms with Gasteiger partial charge in [0, 0.05) is 5.02 Å². The molecule has 0 spiro atoms. The molecule has 3 aromatic carbocycles. The molecule has 2 N–H and O–H groups in total. The summed E-state index contributed by atoms with van der Waals surface area (Å²) in [6.07, 6.45) is 0. The van der Waals surface area contributed by atoms with Crippen molar-refractivity contribution in [1.82, 2.24) is 0 Å². The first-order valence-corrected chi connectivity index (χ1v) is 6.15. The Labute approximate surface area is 116 Å². The third-order valence-corrected chi connectivity index (χ3v) is 2.81. The van der Waals surface area contributed by atoms with Gasteiger partial charge >= 0.3 is 0 Å². The van der Waals surface area contributed by atoms with Crippen molar-refractivity contribution in [2.24, 2.45) is 0 Å². The van der Waals surface area contributed by atoms with E-state index in [2.05, 4.69) is 0 Å². The van der Waals surface area contributed by atoms with Crippen LogP contribution < -0.4 is 0 Å². The fourth-order valence-corrected chi connectivity index (χ4v) is 1.74. The van der Waals surface area contributed by atoms with Gasteiger partial charge in [0.1, 0.15) is 11.5 Å². The van der Waals surface area contributed by atoms with Crippen molar-refractivity contribution in [2.75, 3.05) is 0 Å². The van der Waals surface area contributed by atoms with Crippen LogP contribution in [0.15, 0.2) is 66.7 Å². The molecule has 0 heterocycles. The number of phenols is 2. The van der Waals surface area contributed by atoms with Gasteiger partial charge in [0.25, 0.3) is 0 Å². The van der Waals surface area contributed by atoms with E-state index in [9.17, 15) is 0 Å². The molecule has 0 aliphatic carbocycles. The zero-order valence-electron chi connectivity index (χ0n) is 10.1. The van der Waals surface area contributed by atoms with Crippen LogP contribution in [0.1, 0.15) is 0 Å². The molecule has 2 nitrogen and oxygen atoms in total. The fourth-order valence-electron chi connectivity index (χ4n) is 1.62. The molecule has 0 aromatic heterocycles. The Morgan fingerprint density at radius 3 is 1.84 bits per heavy atom. The predicted octanol–water partition coefficient (Wildman–Crippen LogP) is 4.59. The quantitative estimate of drug-likeness (QED) is 0.628. The Kier molecular flexibility index (Phi) is 4.26. The molecule has 0 saturated carbocycles. The highest BCUT2D eigenvalue weighted by Gasteiger charge is 1.91. The topological polar surface area (TPSA) is 40.5 Å². The van der Waals surface area contributed by atoms with E-state index in [0.717, 1.165) is 10.8 Å². The lowest BCUT2D eigenvalue weighted by molar-refractivity contribution is 0.475. The summed E-state index contributed by atoms with van der Waals surface area (Å²) in [5, 5.41) is 20.7. The van der Waals surface area contributed by atoms with Crippen molar-refractivity contribution < 1.29 is 10.2 Å². The molecule has 0 aliphatic rings. The monoisotopic (exact) mass is 272 g/mol. The highest BCUT2D eigenvalue weighted by atomic mass is 35.5. The van der Waals surface area contributed by atoms with Gasteiger partial charge in [-0.15, -0.1) is 0 Å². The maximum atomic E-state index is 9.13. The summed E-state index contributed by atoms with van der Waals surface area (Å²) in [4.78, 5) is 0. The molecular formula is C16H13ClO2. The van der Waals surface area contributed by atoms with E-state index in [1.54, 1.807) is 36.4 Å². The molecule has 3 rings (SSSR count). The number of rotatable bonds is 0. The largest absolute Gasteiger partial charge is 0.508 e. The minimum Gasteiger partial charge on any atom is -0.508 e. The van der Waals surface area contributed by atoms with E-state index in [-0.39, 0.29) is 5.75 Å². The SMILES string of the molecule is Oc1ccc(Cl)cc1.Oc1ccc2ccccc2c1. The Bertz CT molecular complexity index is 642. The summed E-state index contributed by atoms with van der Waals surface area (Å²) in [5.74, 6) is 0.568. The molecule has 96 valence electrons. The van der Waals surface area contributed by atoms with Gasteiger partial charge in [-0.1, -0.05) is 41.9 Å². The van der Waals surface area contributed by atoms with Crippen LogP contribution in [0, 0.1) is 0 Å². The highest BCUT2D eigenvalue weighted by Crippen LogP contribution is 2.18. The van der Waals surface area contributed by atoms with Crippen LogP contribution in [-0.4, -0.2) is 10.2 Å². The molecule has 0 atom stereocenters. The summed E-state index contributed by atoms with van der Waals surface area (Å²) < 4.78 is 0. The molecule has 3 aromatic rings. The standard InChI is InChI=1S/C10H8O.C6H5ClO/c11-10-6-5-8-3-1-2-4-9(8)7-10;7-5-1-3-6(8)4-2-5/h1-7,11H;1-4,8H. The van der Waals surface area contributed by atoms with E-state index in [0.29, 0.717) is 10.8 Å². The van der Waals surface area contributed by atoms with Crippen molar-refractivity contribution in [3.8, 4) is 11.5 Å². The second-order valence-electron chi connectivity index (χ2n) is 4.01.